The zero-order chi connectivity index (χ0) is 24.9. The third-order valence-electron chi connectivity index (χ3n) is 7.08. The predicted octanol–water partition coefficient (Wildman–Crippen LogP) is 6.29. The molecule has 0 spiro atoms. The minimum Gasteiger partial charge on any atom is -0.337 e. The molecule has 2 aliphatic heterocycles. The molecule has 7 rings (SSSR count). The first kappa shape index (κ1) is 22.6. The molecule has 10 heteroatoms. The van der Waals surface area contributed by atoms with Gasteiger partial charge in [-0.15, -0.1) is 0 Å². The van der Waals surface area contributed by atoms with Crippen molar-refractivity contribution in [3.05, 3.63) is 71.0 Å². The summed E-state index contributed by atoms with van der Waals surface area (Å²) < 4.78 is 29.8. The molecule has 2 aliphatic rings. The van der Waals surface area contributed by atoms with Gasteiger partial charge in [-0.25, -0.2) is 9.37 Å². The highest BCUT2D eigenvalue weighted by Crippen LogP contribution is 2.46. The number of H-pyrrole nitrogens is 2. The lowest BCUT2D eigenvalue weighted by Crippen LogP contribution is -2.18. The number of thioether (sulfide) groups is 1. The summed E-state index contributed by atoms with van der Waals surface area (Å²) in [4.78, 5) is 19.2. The van der Waals surface area contributed by atoms with Crippen molar-refractivity contribution in [3.8, 4) is 22.8 Å². The average Bonchev–Trinajstić information content (AvgIpc) is 3.70. The zero-order valence-corrected chi connectivity index (χ0v) is 20.7. The van der Waals surface area contributed by atoms with Crippen molar-refractivity contribution >= 4 is 33.7 Å². The first-order valence-electron chi connectivity index (χ1n) is 12.3. The molecule has 37 heavy (non-hydrogen) atoms. The number of benzene rings is 1. The molecule has 7 nitrogen and oxygen atoms in total. The standard InChI is InChI=1S/C27H23F2N7S/c28-21-7-6-20(37-21)17-4-3-5-18-25(17)33-27(32-18)26-22-19(34-35-26)13-31-24(23(22)29)16-10-15(11-30-12-16)14-36-8-1-2-9-36/h3-5,7,10-13,20H,1-2,6,8-9,14H2,(H,32,33)(H,34,35). The fourth-order valence-electron chi connectivity index (χ4n) is 5.30. The molecular weight excluding hydrogens is 492 g/mol. The van der Waals surface area contributed by atoms with Gasteiger partial charge < -0.3 is 4.98 Å². The maximum absolute atomic E-state index is 16.0. The van der Waals surface area contributed by atoms with Gasteiger partial charge in [0.2, 0.25) is 0 Å². The van der Waals surface area contributed by atoms with Crippen molar-refractivity contribution in [3.63, 3.8) is 0 Å². The highest BCUT2D eigenvalue weighted by molar-refractivity contribution is 8.03. The molecule has 0 bridgehead atoms. The fourth-order valence-corrected chi connectivity index (χ4v) is 6.27. The van der Waals surface area contributed by atoms with E-state index in [-0.39, 0.29) is 16.1 Å². The van der Waals surface area contributed by atoms with E-state index in [2.05, 4.69) is 30.0 Å². The number of hydrogen-bond acceptors (Lipinski definition) is 6. The highest BCUT2D eigenvalue weighted by Gasteiger charge is 2.25. The van der Waals surface area contributed by atoms with E-state index < -0.39 is 5.82 Å². The molecule has 4 aromatic heterocycles. The Hall–Kier alpha value is -3.63. The Morgan fingerprint density at radius 2 is 1.95 bits per heavy atom. The van der Waals surface area contributed by atoms with Crippen LogP contribution >= 0.6 is 11.8 Å². The largest absolute Gasteiger partial charge is 0.337 e. The monoisotopic (exact) mass is 515 g/mol. The summed E-state index contributed by atoms with van der Waals surface area (Å²) in [7, 11) is 0. The highest BCUT2D eigenvalue weighted by atomic mass is 32.2. The molecule has 1 atom stereocenters. The van der Waals surface area contributed by atoms with Crippen molar-refractivity contribution < 1.29 is 8.78 Å². The number of fused-ring (bicyclic) bond motifs is 2. The van der Waals surface area contributed by atoms with Crippen LogP contribution in [0.1, 0.15) is 35.6 Å². The van der Waals surface area contributed by atoms with Crippen LogP contribution in [-0.2, 0) is 6.54 Å². The Balaban J connectivity index is 1.29. The molecule has 1 unspecified atom stereocenters. The van der Waals surface area contributed by atoms with Gasteiger partial charge in [0.05, 0.1) is 28.1 Å². The summed E-state index contributed by atoms with van der Waals surface area (Å²) in [5.74, 6) is -0.0261. The van der Waals surface area contributed by atoms with Gasteiger partial charge in [0.15, 0.2) is 16.8 Å². The summed E-state index contributed by atoms with van der Waals surface area (Å²) in [6.45, 7) is 2.94. The van der Waals surface area contributed by atoms with E-state index in [1.54, 1.807) is 18.5 Å². The third kappa shape index (κ3) is 4.00. The van der Waals surface area contributed by atoms with Crippen LogP contribution in [0.15, 0.2) is 54.1 Å². The zero-order valence-electron chi connectivity index (χ0n) is 19.8. The second-order valence-corrected chi connectivity index (χ2v) is 10.7. The number of hydrogen-bond donors (Lipinski definition) is 2. The Kier molecular flexibility index (Phi) is 5.51. The summed E-state index contributed by atoms with van der Waals surface area (Å²) in [5, 5.41) is 7.38. The number of nitrogens with zero attached hydrogens (tertiary/aromatic N) is 5. The molecule has 0 amide bonds. The second kappa shape index (κ2) is 9.04. The molecule has 0 aliphatic carbocycles. The van der Waals surface area contributed by atoms with E-state index >= 15 is 4.39 Å². The van der Waals surface area contributed by atoms with Gasteiger partial charge in [-0.1, -0.05) is 23.9 Å². The first-order valence-corrected chi connectivity index (χ1v) is 13.2. The minimum absolute atomic E-state index is 0.0383. The Bertz CT molecular complexity index is 1670. The normalized spacial score (nSPS) is 18.3. The topological polar surface area (TPSA) is 86.4 Å². The lowest BCUT2D eigenvalue weighted by molar-refractivity contribution is 0.331. The Morgan fingerprint density at radius 1 is 1.05 bits per heavy atom. The Morgan fingerprint density at radius 3 is 2.78 bits per heavy atom. The van der Waals surface area contributed by atoms with Crippen molar-refractivity contribution in [2.75, 3.05) is 13.1 Å². The van der Waals surface area contributed by atoms with Crippen LogP contribution in [0.5, 0.6) is 0 Å². The molecule has 6 heterocycles. The molecule has 5 aromatic rings. The van der Waals surface area contributed by atoms with Gasteiger partial charge in [0, 0.05) is 29.8 Å². The third-order valence-corrected chi connectivity index (χ3v) is 8.20. The van der Waals surface area contributed by atoms with Gasteiger partial charge >= 0.3 is 0 Å². The molecule has 1 saturated heterocycles. The van der Waals surface area contributed by atoms with E-state index in [1.807, 2.05) is 30.5 Å². The van der Waals surface area contributed by atoms with Crippen LogP contribution in [0.3, 0.4) is 0 Å². The number of para-hydroxylation sites is 1. The van der Waals surface area contributed by atoms with E-state index in [4.69, 9.17) is 4.98 Å². The minimum atomic E-state index is -0.473. The summed E-state index contributed by atoms with van der Waals surface area (Å²) >= 11 is 1.20. The number of pyridine rings is 2. The number of rotatable bonds is 5. The van der Waals surface area contributed by atoms with Crippen LogP contribution in [0.2, 0.25) is 0 Å². The number of halogens is 2. The molecule has 1 aromatic carbocycles. The molecule has 2 N–H and O–H groups in total. The average molecular weight is 516 g/mol. The summed E-state index contributed by atoms with van der Waals surface area (Å²) in [6.07, 6.45) is 9.69. The lowest BCUT2D eigenvalue weighted by atomic mass is 10.1. The van der Waals surface area contributed by atoms with Gasteiger partial charge in [0.1, 0.15) is 11.4 Å². The molecule has 0 radical (unpaired) electrons. The van der Waals surface area contributed by atoms with Crippen LogP contribution < -0.4 is 0 Å². The van der Waals surface area contributed by atoms with Crippen LogP contribution in [0.25, 0.3) is 44.7 Å². The predicted molar refractivity (Wildman–Crippen MR) is 141 cm³/mol. The number of imidazole rings is 1. The molecule has 186 valence electrons. The van der Waals surface area contributed by atoms with Gasteiger partial charge in [-0.3, -0.25) is 20.0 Å². The quantitative estimate of drug-likeness (QED) is 0.286. The number of nitrogens with one attached hydrogen (secondary N) is 2. The van der Waals surface area contributed by atoms with E-state index in [1.165, 1.54) is 24.6 Å². The number of aromatic nitrogens is 6. The number of allylic oxidation sites excluding steroid dienone is 1. The van der Waals surface area contributed by atoms with E-state index in [9.17, 15) is 4.39 Å². The molecular formula is C27H23F2N7S. The maximum Gasteiger partial charge on any atom is 0.161 e. The summed E-state index contributed by atoms with van der Waals surface area (Å²) in [5.41, 5.74) is 5.23. The van der Waals surface area contributed by atoms with Crippen LogP contribution in [-0.4, -0.2) is 48.1 Å². The first-order chi connectivity index (χ1) is 18.1. The SMILES string of the molecule is FC1=CCC(c2cccc3[nH]c(-c4n[nH]c5cnc(-c6cncc(CN7CCCC7)c6)c(F)c45)nc23)S1. The molecule has 0 saturated carbocycles. The van der Waals surface area contributed by atoms with Crippen LogP contribution in [0, 0.1) is 5.82 Å². The number of likely N-dealkylation sites (tertiary alicyclic amines) is 1. The van der Waals surface area contributed by atoms with Crippen LogP contribution in [0.4, 0.5) is 8.78 Å². The second-order valence-electron chi connectivity index (χ2n) is 9.53. The van der Waals surface area contributed by atoms with Crippen molar-refractivity contribution in [2.24, 2.45) is 0 Å². The van der Waals surface area contributed by atoms with Gasteiger partial charge in [-0.2, -0.15) is 9.49 Å². The number of aromatic amines is 2. The maximum atomic E-state index is 16.0. The Labute approximate surface area is 215 Å². The lowest BCUT2D eigenvalue weighted by Gasteiger charge is -2.14. The van der Waals surface area contributed by atoms with E-state index in [0.717, 1.165) is 41.8 Å². The van der Waals surface area contributed by atoms with Crippen molar-refractivity contribution in [1.29, 1.82) is 0 Å². The molecule has 1 fully saturated rings. The fraction of sp³-hybridized carbons (Fsp3) is 0.259. The van der Waals surface area contributed by atoms with Crippen molar-refractivity contribution in [2.45, 2.75) is 31.1 Å². The smallest absolute Gasteiger partial charge is 0.161 e. The summed E-state index contributed by atoms with van der Waals surface area (Å²) in [6, 6.07) is 7.75. The van der Waals surface area contributed by atoms with Gasteiger partial charge in [-0.05, 0) is 61.7 Å². The van der Waals surface area contributed by atoms with Crippen molar-refractivity contribution in [1.82, 2.24) is 35.0 Å². The van der Waals surface area contributed by atoms with E-state index in [0.29, 0.717) is 34.4 Å². The van der Waals surface area contributed by atoms with Gasteiger partial charge in [0.25, 0.3) is 0 Å².